The van der Waals surface area contributed by atoms with Crippen LogP contribution in [0.5, 0.6) is 0 Å². The SMILES string of the molecule is CC(C)(C)OC(=O)C(OO)C(=O)c1ccccc1. The highest BCUT2D eigenvalue weighted by Crippen LogP contribution is 2.13. The largest absolute Gasteiger partial charge is 0.458 e. The lowest BCUT2D eigenvalue weighted by Crippen LogP contribution is -2.38. The van der Waals surface area contributed by atoms with Crippen LogP contribution in [0.1, 0.15) is 31.1 Å². The van der Waals surface area contributed by atoms with Gasteiger partial charge in [0.2, 0.25) is 5.78 Å². The van der Waals surface area contributed by atoms with Gasteiger partial charge in [0.15, 0.2) is 0 Å². The van der Waals surface area contributed by atoms with Crippen molar-refractivity contribution in [3.8, 4) is 0 Å². The highest BCUT2D eigenvalue weighted by molar-refractivity contribution is 6.11. The van der Waals surface area contributed by atoms with Crippen molar-refractivity contribution in [2.24, 2.45) is 0 Å². The van der Waals surface area contributed by atoms with E-state index in [-0.39, 0.29) is 5.56 Å². The molecule has 1 aromatic rings. The average molecular weight is 252 g/mol. The molecule has 5 nitrogen and oxygen atoms in total. The van der Waals surface area contributed by atoms with Gasteiger partial charge >= 0.3 is 5.97 Å². The van der Waals surface area contributed by atoms with Crippen LogP contribution in [0, 0.1) is 0 Å². The van der Waals surface area contributed by atoms with Gasteiger partial charge in [0.05, 0.1) is 0 Å². The summed E-state index contributed by atoms with van der Waals surface area (Å²) in [4.78, 5) is 27.5. The Morgan fingerprint density at radius 2 is 1.72 bits per heavy atom. The van der Waals surface area contributed by atoms with Crippen molar-refractivity contribution in [2.45, 2.75) is 32.5 Å². The topological polar surface area (TPSA) is 72.8 Å². The molecule has 18 heavy (non-hydrogen) atoms. The third-order valence-corrected chi connectivity index (χ3v) is 2.02. The predicted molar refractivity (Wildman–Crippen MR) is 64.1 cm³/mol. The van der Waals surface area contributed by atoms with E-state index < -0.39 is 23.5 Å². The number of benzene rings is 1. The first-order valence-corrected chi connectivity index (χ1v) is 5.47. The molecule has 1 aromatic carbocycles. The van der Waals surface area contributed by atoms with Gasteiger partial charge in [0.25, 0.3) is 6.10 Å². The third-order valence-electron chi connectivity index (χ3n) is 2.02. The van der Waals surface area contributed by atoms with Gasteiger partial charge in [-0.2, -0.15) is 0 Å². The van der Waals surface area contributed by atoms with Crippen LogP contribution in [0.4, 0.5) is 0 Å². The molecule has 1 N–H and O–H groups in total. The van der Waals surface area contributed by atoms with Gasteiger partial charge in [0, 0.05) is 5.56 Å². The molecule has 0 aromatic heterocycles. The Balaban J connectivity index is 2.84. The number of ketones is 1. The summed E-state index contributed by atoms with van der Waals surface area (Å²) < 4.78 is 4.99. The quantitative estimate of drug-likeness (QED) is 0.292. The summed E-state index contributed by atoms with van der Waals surface area (Å²) >= 11 is 0. The molecule has 0 spiro atoms. The third kappa shape index (κ3) is 3.94. The van der Waals surface area contributed by atoms with Crippen LogP contribution in [0.15, 0.2) is 30.3 Å². The zero-order valence-electron chi connectivity index (χ0n) is 10.5. The molecular formula is C13H16O5. The Morgan fingerprint density at radius 3 is 2.17 bits per heavy atom. The number of hydrogen-bond acceptors (Lipinski definition) is 5. The Kier molecular flexibility index (Phi) is 4.58. The maximum atomic E-state index is 11.9. The molecule has 0 bridgehead atoms. The fourth-order valence-electron chi connectivity index (χ4n) is 1.31. The van der Waals surface area contributed by atoms with Crippen molar-refractivity contribution < 1.29 is 24.5 Å². The molecule has 0 radical (unpaired) electrons. The van der Waals surface area contributed by atoms with E-state index >= 15 is 0 Å². The zero-order valence-corrected chi connectivity index (χ0v) is 10.5. The standard InChI is InChI=1S/C13H16O5/c1-13(2,3)17-12(15)11(18-16)10(14)9-7-5-4-6-8-9/h4-8,11,16H,1-3H3. The summed E-state index contributed by atoms with van der Waals surface area (Å²) in [6, 6.07) is 8.09. The van der Waals surface area contributed by atoms with E-state index in [0.717, 1.165) is 0 Å². The summed E-state index contributed by atoms with van der Waals surface area (Å²) in [5.74, 6) is -1.56. The van der Waals surface area contributed by atoms with Gasteiger partial charge in [0.1, 0.15) is 5.60 Å². The van der Waals surface area contributed by atoms with E-state index in [1.807, 2.05) is 0 Å². The van der Waals surface area contributed by atoms with E-state index in [1.54, 1.807) is 39.0 Å². The lowest BCUT2D eigenvalue weighted by Gasteiger charge is -2.21. The molecule has 0 aliphatic rings. The summed E-state index contributed by atoms with van der Waals surface area (Å²) in [6.07, 6.45) is -1.66. The zero-order chi connectivity index (χ0) is 13.8. The van der Waals surface area contributed by atoms with E-state index in [9.17, 15) is 9.59 Å². The number of esters is 1. The average Bonchev–Trinajstić information content (AvgIpc) is 2.28. The lowest BCUT2D eigenvalue weighted by molar-refractivity contribution is -0.267. The number of Topliss-reactive ketones (excluding diaryl/α,β-unsaturated/α-hetero) is 1. The minimum Gasteiger partial charge on any atom is -0.458 e. The maximum absolute atomic E-state index is 11.9. The highest BCUT2D eigenvalue weighted by Gasteiger charge is 2.33. The molecule has 5 heteroatoms. The molecule has 0 fully saturated rings. The van der Waals surface area contributed by atoms with Gasteiger partial charge in [-0.25, -0.2) is 9.68 Å². The van der Waals surface area contributed by atoms with E-state index in [0.29, 0.717) is 0 Å². The molecule has 0 aliphatic heterocycles. The monoisotopic (exact) mass is 252 g/mol. The van der Waals surface area contributed by atoms with Crippen LogP contribution in [0.25, 0.3) is 0 Å². The van der Waals surface area contributed by atoms with E-state index in [4.69, 9.17) is 9.99 Å². The van der Waals surface area contributed by atoms with Gasteiger partial charge in [-0.15, -0.1) is 0 Å². The number of carbonyl (C=O) groups is 2. The summed E-state index contributed by atoms with van der Waals surface area (Å²) in [5.41, 5.74) is -0.493. The fraction of sp³-hybridized carbons (Fsp3) is 0.385. The number of hydrogen-bond donors (Lipinski definition) is 1. The minimum absolute atomic E-state index is 0.266. The Hall–Kier alpha value is -1.72. The molecule has 1 rings (SSSR count). The molecule has 1 atom stereocenters. The molecule has 0 aliphatic carbocycles. The Bertz CT molecular complexity index is 419. The van der Waals surface area contributed by atoms with Crippen molar-refractivity contribution in [1.82, 2.24) is 0 Å². The van der Waals surface area contributed by atoms with Crippen LogP contribution in [0.3, 0.4) is 0 Å². The van der Waals surface area contributed by atoms with Crippen molar-refractivity contribution in [2.75, 3.05) is 0 Å². The minimum atomic E-state index is -1.66. The second-order valence-corrected chi connectivity index (χ2v) is 4.75. The van der Waals surface area contributed by atoms with Crippen molar-refractivity contribution in [1.29, 1.82) is 0 Å². The molecule has 1 unspecified atom stereocenters. The van der Waals surface area contributed by atoms with Crippen LogP contribution in [0.2, 0.25) is 0 Å². The van der Waals surface area contributed by atoms with Gasteiger partial charge < -0.3 is 4.74 Å². The van der Waals surface area contributed by atoms with Gasteiger partial charge in [-0.05, 0) is 20.8 Å². The Labute approximate surface area is 105 Å². The molecular weight excluding hydrogens is 236 g/mol. The van der Waals surface area contributed by atoms with Crippen LogP contribution in [-0.4, -0.2) is 28.7 Å². The lowest BCUT2D eigenvalue weighted by atomic mass is 10.1. The first-order valence-electron chi connectivity index (χ1n) is 5.47. The highest BCUT2D eigenvalue weighted by atomic mass is 17.1. The summed E-state index contributed by atoms with van der Waals surface area (Å²) in [5, 5.41) is 8.70. The first kappa shape index (κ1) is 14.3. The number of ether oxygens (including phenoxy) is 1. The predicted octanol–water partition coefficient (Wildman–Crippen LogP) is 2.07. The maximum Gasteiger partial charge on any atom is 0.347 e. The van der Waals surface area contributed by atoms with Crippen LogP contribution in [-0.2, 0) is 14.4 Å². The summed E-state index contributed by atoms with van der Waals surface area (Å²) in [6.45, 7) is 4.98. The fourth-order valence-corrected chi connectivity index (χ4v) is 1.31. The van der Waals surface area contributed by atoms with Crippen LogP contribution < -0.4 is 0 Å². The normalized spacial score (nSPS) is 12.9. The molecule has 0 amide bonds. The molecule has 98 valence electrons. The number of carbonyl (C=O) groups excluding carboxylic acids is 2. The Morgan fingerprint density at radius 1 is 1.17 bits per heavy atom. The van der Waals surface area contributed by atoms with Crippen LogP contribution >= 0.6 is 0 Å². The van der Waals surface area contributed by atoms with Crippen molar-refractivity contribution in [3.63, 3.8) is 0 Å². The second kappa shape index (κ2) is 5.75. The molecule has 0 heterocycles. The van der Waals surface area contributed by atoms with E-state index in [1.165, 1.54) is 12.1 Å². The smallest absolute Gasteiger partial charge is 0.347 e. The van der Waals surface area contributed by atoms with Crippen molar-refractivity contribution >= 4 is 11.8 Å². The molecule has 0 saturated heterocycles. The van der Waals surface area contributed by atoms with Gasteiger partial charge in [-0.1, -0.05) is 30.3 Å². The van der Waals surface area contributed by atoms with E-state index in [2.05, 4.69) is 4.89 Å². The summed E-state index contributed by atoms with van der Waals surface area (Å²) in [7, 11) is 0. The molecule has 0 saturated carbocycles. The number of rotatable bonds is 4. The van der Waals surface area contributed by atoms with Crippen molar-refractivity contribution in [3.05, 3.63) is 35.9 Å². The van der Waals surface area contributed by atoms with Gasteiger partial charge in [-0.3, -0.25) is 10.1 Å². The first-order chi connectivity index (χ1) is 8.35. The second-order valence-electron chi connectivity index (χ2n) is 4.75.